The van der Waals surface area contributed by atoms with Gasteiger partial charge in [-0.05, 0) is 185 Å². The molecule has 13 rings (SSSR count). The number of rotatable bonds is 8. The molecule has 3 nitrogen and oxygen atoms in total. The predicted molar refractivity (Wildman–Crippen MR) is 338 cm³/mol. The molecule has 2 aliphatic heterocycles. The quantitative estimate of drug-likeness (QED) is 0.150. The molecule has 0 amide bonds. The molecule has 3 heteroatoms. The molecular formula is C76H69N3. The third kappa shape index (κ3) is 8.59. The summed E-state index contributed by atoms with van der Waals surface area (Å²) in [5.74, 6) is 0. The molecule has 0 fully saturated rings. The van der Waals surface area contributed by atoms with Crippen molar-refractivity contribution in [3.8, 4) is 22.3 Å². The zero-order valence-electron chi connectivity index (χ0n) is 47.4. The molecule has 0 bridgehead atoms. The van der Waals surface area contributed by atoms with E-state index < -0.39 is 5.41 Å². The van der Waals surface area contributed by atoms with Crippen LogP contribution in [0.5, 0.6) is 0 Å². The molecule has 0 N–H and O–H groups in total. The average Bonchev–Trinajstić information content (AvgIpc) is 2.56. The van der Waals surface area contributed by atoms with Crippen LogP contribution in [0.4, 0.5) is 51.2 Å². The molecule has 0 radical (unpaired) electrons. The summed E-state index contributed by atoms with van der Waals surface area (Å²) in [5, 5.41) is 4.99. The first-order valence-corrected chi connectivity index (χ1v) is 28.1. The van der Waals surface area contributed by atoms with Gasteiger partial charge in [0.05, 0.1) is 17.1 Å². The molecule has 0 saturated carbocycles. The van der Waals surface area contributed by atoms with Crippen LogP contribution in [0.15, 0.2) is 237 Å². The maximum atomic E-state index is 2.58. The van der Waals surface area contributed by atoms with E-state index >= 15 is 0 Å². The number of hydrogen-bond acceptors (Lipinski definition) is 3. The molecule has 79 heavy (non-hydrogen) atoms. The van der Waals surface area contributed by atoms with Crippen molar-refractivity contribution in [2.75, 3.05) is 14.7 Å². The molecule has 0 saturated heterocycles. The zero-order chi connectivity index (χ0) is 54.6. The molecule has 0 aromatic heterocycles. The van der Waals surface area contributed by atoms with Gasteiger partial charge in [-0.3, -0.25) is 0 Å². The molecule has 11 aromatic rings. The lowest BCUT2D eigenvalue weighted by Crippen LogP contribution is -2.38. The van der Waals surface area contributed by atoms with Crippen LogP contribution in [0.25, 0.3) is 43.8 Å². The number of hydrogen-bond donors (Lipinski definition) is 0. The van der Waals surface area contributed by atoms with Crippen LogP contribution in [0.3, 0.4) is 0 Å². The van der Waals surface area contributed by atoms with Crippen molar-refractivity contribution in [3.05, 3.63) is 270 Å². The first-order valence-electron chi connectivity index (χ1n) is 28.1. The van der Waals surface area contributed by atoms with Gasteiger partial charge in [0.1, 0.15) is 0 Å². The van der Waals surface area contributed by atoms with Gasteiger partial charge >= 0.3 is 0 Å². The standard InChI is InChI=1S/C76H69N3/c1-73(2,3)58-31-39-62(40-32-58)77(60-35-27-52(28-36-60)56-25-23-50-17-11-13-19-54(50)45-56)64-43-44-71-67(47-64)76(9,10)69-49-65(48-68-72(69)79(71)70-22-16-15-21-66(70)75(68,7)8)78(63-41-33-59(34-42-63)74(4,5)6)61-37-29-53(30-38-61)57-26-24-51-18-12-14-20-55(51)46-57/h11-49H,1-10H3. The predicted octanol–water partition coefficient (Wildman–Crippen LogP) is 21.6. The number of para-hydroxylation sites is 1. The van der Waals surface area contributed by atoms with Crippen molar-refractivity contribution in [2.45, 2.75) is 90.9 Å². The molecule has 0 spiro atoms. The fraction of sp³-hybridized carbons (Fsp3) is 0.184. The summed E-state index contributed by atoms with van der Waals surface area (Å²) in [7, 11) is 0. The fourth-order valence-electron chi connectivity index (χ4n) is 12.6. The van der Waals surface area contributed by atoms with Crippen molar-refractivity contribution >= 4 is 72.7 Å². The average molecular weight is 1020 g/mol. The van der Waals surface area contributed by atoms with Crippen molar-refractivity contribution < 1.29 is 0 Å². The van der Waals surface area contributed by atoms with E-state index in [1.54, 1.807) is 0 Å². The van der Waals surface area contributed by atoms with Gasteiger partial charge < -0.3 is 14.7 Å². The van der Waals surface area contributed by atoms with E-state index in [9.17, 15) is 0 Å². The summed E-state index contributed by atoms with van der Waals surface area (Å²) in [6.45, 7) is 23.5. The molecule has 0 atom stereocenters. The molecule has 0 aliphatic carbocycles. The highest BCUT2D eigenvalue weighted by Gasteiger charge is 2.46. The lowest BCUT2D eigenvalue weighted by atomic mass is 9.66. The molecule has 388 valence electrons. The van der Waals surface area contributed by atoms with Crippen molar-refractivity contribution in [3.63, 3.8) is 0 Å². The Morgan fingerprint density at radius 2 is 0.646 bits per heavy atom. The lowest BCUT2D eigenvalue weighted by molar-refractivity contribution is 0.590. The zero-order valence-corrected chi connectivity index (χ0v) is 47.4. The topological polar surface area (TPSA) is 9.72 Å². The second-order valence-electron chi connectivity index (χ2n) is 25.2. The molecular weight excluding hydrogens is 955 g/mol. The van der Waals surface area contributed by atoms with Crippen LogP contribution in [0.2, 0.25) is 0 Å². The SMILES string of the molecule is CC(C)(C)c1ccc(N(c2ccc(-c3ccc4ccccc4c3)cc2)c2ccc3c(c2)C(C)(C)c2cc(N(c4ccc(-c5ccc6ccccc6c5)cc4)c4ccc(C(C)(C)C)cc4)cc4c2N3c2ccccc2C4(C)C)cc1. The highest BCUT2D eigenvalue weighted by molar-refractivity contribution is 5.97. The van der Waals surface area contributed by atoms with Crippen LogP contribution in [0.1, 0.15) is 103 Å². The summed E-state index contributed by atoms with van der Waals surface area (Å²) >= 11 is 0. The molecule has 2 aliphatic rings. The lowest BCUT2D eigenvalue weighted by Gasteiger charge is -2.50. The van der Waals surface area contributed by atoms with Crippen molar-refractivity contribution in [1.29, 1.82) is 0 Å². The summed E-state index contributed by atoms with van der Waals surface area (Å²) in [4.78, 5) is 7.52. The summed E-state index contributed by atoms with van der Waals surface area (Å²) in [5.41, 5.74) is 22.4. The number of fused-ring (bicyclic) bond motifs is 6. The molecule has 2 heterocycles. The minimum atomic E-state index is -0.423. The third-order valence-electron chi connectivity index (χ3n) is 17.3. The Morgan fingerprint density at radius 3 is 1.11 bits per heavy atom. The Kier molecular flexibility index (Phi) is 11.7. The smallest absolute Gasteiger partial charge is 0.0545 e. The van der Waals surface area contributed by atoms with Crippen LogP contribution in [0, 0.1) is 0 Å². The number of benzene rings is 11. The van der Waals surface area contributed by atoms with Gasteiger partial charge in [0.2, 0.25) is 0 Å². The second kappa shape index (κ2) is 18.5. The van der Waals surface area contributed by atoms with Gasteiger partial charge in [0.15, 0.2) is 0 Å². The van der Waals surface area contributed by atoms with Crippen molar-refractivity contribution in [2.24, 2.45) is 0 Å². The van der Waals surface area contributed by atoms with Crippen molar-refractivity contribution in [1.82, 2.24) is 0 Å². The highest BCUT2D eigenvalue weighted by atomic mass is 15.2. The van der Waals surface area contributed by atoms with E-state index in [1.165, 1.54) is 94.2 Å². The maximum absolute atomic E-state index is 2.58. The number of anilines is 9. The normalized spacial score (nSPS) is 14.1. The minimum absolute atomic E-state index is 0.0186. The molecule has 11 aromatic carbocycles. The first-order chi connectivity index (χ1) is 37.9. The monoisotopic (exact) mass is 1020 g/mol. The second-order valence-corrected chi connectivity index (χ2v) is 25.2. The largest absolute Gasteiger partial charge is 0.310 e. The fourth-order valence-corrected chi connectivity index (χ4v) is 12.6. The summed E-state index contributed by atoms with van der Waals surface area (Å²) < 4.78 is 0. The Morgan fingerprint density at radius 1 is 0.291 bits per heavy atom. The Hall–Kier alpha value is -8.66. The van der Waals surface area contributed by atoms with E-state index in [4.69, 9.17) is 0 Å². The van der Waals surface area contributed by atoms with E-state index in [2.05, 4.69) is 321 Å². The van der Waals surface area contributed by atoms with Crippen LogP contribution >= 0.6 is 0 Å². The van der Waals surface area contributed by atoms with E-state index in [1.807, 2.05) is 0 Å². The van der Waals surface area contributed by atoms with Gasteiger partial charge in [-0.15, -0.1) is 0 Å². The molecule has 0 unspecified atom stereocenters. The van der Waals surface area contributed by atoms with Gasteiger partial charge in [-0.25, -0.2) is 0 Å². The maximum Gasteiger partial charge on any atom is 0.0545 e. The first kappa shape index (κ1) is 49.9. The van der Waals surface area contributed by atoms with Gasteiger partial charge in [-0.1, -0.05) is 209 Å². The highest BCUT2D eigenvalue weighted by Crippen LogP contribution is 2.62. The van der Waals surface area contributed by atoms with Crippen LogP contribution in [-0.4, -0.2) is 0 Å². The summed E-state index contributed by atoms with van der Waals surface area (Å²) in [6.07, 6.45) is 0. The van der Waals surface area contributed by atoms with Gasteiger partial charge in [0, 0.05) is 45.0 Å². The van der Waals surface area contributed by atoms with Gasteiger partial charge in [-0.2, -0.15) is 0 Å². The van der Waals surface area contributed by atoms with Gasteiger partial charge in [0.25, 0.3) is 0 Å². The Balaban J connectivity index is 0.978. The third-order valence-corrected chi connectivity index (χ3v) is 17.3. The van der Waals surface area contributed by atoms with E-state index in [0.717, 1.165) is 34.1 Å². The Labute approximate surface area is 468 Å². The van der Waals surface area contributed by atoms with E-state index in [-0.39, 0.29) is 16.2 Å². The number of nitrogens with zero attached hydrogens (tertiary/aromatic N) is 3. The summed E-state index contributed by atoms with van der Waals surface area (Å²) in [6, 6.07) is 88.9. The minimum Gasteiger partial charge on any atom is -0.310 e. The van der Waals surface area contributed by atoms with Crippen LogP contribution in [-0.2, 0) is 21.7 Å². The Bertz CT molecular complexity index is 4130. The van der Waals surface area contributed by atoms with E-state index in [0.29, 0.717) is 0 Å². The van der Waals surface area contributed by atoms with Crippen LogP contribution < -0.4 is 14.7 Å².